The van der Waals surface area contributed by atoms with Gasteiger partial charge in [0, 0.05) is 18.9 Å². The monoisotopic (exact) mass is 388 g/mol. The predicted molar refractivity (Wildman–Crippen MR) is 97.5 cm³/mol. The zero-order chi connectivity index (χ0) is 19.7. The summed E-state index contributed by atoms with van der Waals surface area (Å²) in [5.74, 6) is 0.669. The zero-order valence-corrected chi connectivity index (χ0v) is 15.2. The summed E-state index contributed by atoms with van der Waals surface area (Å²) in [6.07, 6.45) is 2.22. The average molecular weight is 388 g/mol. The van der Waals surface area contributed by atoms with E-state index in [0.717, 1.165) is 41.6 Å². The fourth-order valence-electron chi connectivity index (χ4n) is 3.09. The van der Waals surface area contributed by atoms with Crippen molar-refractivity contribution in [2.75, 3.05) is 13.2 Å². The molecular weight excluding hydrogens is 369 g/mol. The minimum Gasteiger partial charge on any atom is -0.356 e. The smallest absolute Gasteiger partial charge is 0.356 e. The number of rotatable bonds is 5. The number of H-pyrrole nitrogens is 1. The number of alkyl halides is 3. The molecule has 0 amide bonds. The standard InChI is InChI=1S/C19H19F3N6/c1-2-7-27-11-16-18(23-12-27)26-17(25-16)14-8-24-28(10-14)9-13-3-5-15(6-4-13)19(20,21)22/h3-6,8,10-11H,2,7,9,12H2,1H3,(H,23,25,26). The molecule has 6 nitrogen and oxygen atoms in total. The Morgan fingerprint density at radius 1 is 1.18 bits per heavy atom. The van der Waals surface area contributed by atoms with E-state index in [9.17, 15) is 13.2 Å². The average Bonchev–Trinajstić information content (AvgIpc) is 3.28. The van der Waals surface area contributed by atoms with Gasteiger partial charge in [-0.05, 0) is 24.1 Å². The molecule has 4 rings (SSSR count). The van der Waals surface area contributed by atoms with Gasteiger partial charge < -0.3 is 9.88 Å². The fraction of sp³-hybridized carbons (Fsp3) is 0.316. The van der Waals surface area contributed by atoms with Gasteiger partial charge in [-0.1, -0.05) is 19.1 Å². The summed E-state index contributed by atoms with van der Waals surface area (Å²) >= 11 is 0. The number of hydrogen-bond donors (Lipinski definition) is 1. The van der Waals surface area contributed by atoms with Gasteiger partial charge >= 0.3 is 6.18 Å². The van der Waals surface area contributed by atoms with E-state index in [-0.39, 0.29) is 0 Å². The molecule has 9 heteroatoms. The number of imidazole rings is 1. The van der Waals surface area contributed by atoms with Gasteiger partial charge in [0.05, 0.1) is 23.9 Å². The van der Waals surface area contributed by atoms with Crippen molar-refractivity contribution in [2.24, 2.45) is 4.99 Å². The minimum atomic E-state index is -4.33. The Kier molecular flexibility index (Phi) is 4.66. The van der Waals surface area contributed by atoms with Crippen LogP contribution in [-0.4, -0.2) is 37.9 Å². The molecule has 0 unspecified atom stereocenters. The van der Waals surface area contributed by atoms with Crippen LogP contribution < -0.4 is 10.8 Å². The summed E-state index contributed by atoms with van der Waals surface area (Å²) in [5.41, 5.74) is 1.56. The second kappa shape index (κ2) is 7.14. The maximum absolute atomic E-state index is 12.7. The van der Waals surface area contributed by atoms with Crippen LogP contribution in [0.2, 0.25) is 0 Å². The Labute approximate surface area is 159 Å². The Morgan fingerprint density at radius 3 is 2.68 bits per heavy atom. The van der Waals surface area contributed by atoms with Crippen LogP contribution in [0.1, 0.15) is 24.5 Å². The lowest BCUT2D eigenvalue weighted by atomic mass is 10.1. The third-order valence-corrected chi connectivity index (χ3v) is 4.47. The molecule has 1 aromatic carbocycles. The fourth-order valence-corrected chi connectivity index (χ4v) is 3.09. The lowest BCUT2D eigenvalue weighted by molar-refractivity contribution is -0.137. The van der Waals surface area contributed by atoms with Crippen molar-refractivity contribution in [1.82, 2.24) is 24.6 Å². The molecule has 1 aliphatic rings. The maximum atomic E-state index is 12.7. The summed E-state index contributed by atoms with van der Waals surface area (Å²) in [6, 6.07) is 5.09. The highest BCUT2D eigenvalue weighted by molar-refractivity contribution is 5.52. The van der Waals surface area contributed by atoms with Crippen LogP contribution in [0.25, 0.3) is 17.6 Å². The first-order chi connectivity index (χ1) is 13.4. The van der Waals surface area contributed by atoms with Crippen LogP contribution in [0, 0.1) is 0 Å². The highest BCUT2D eigenvalue weighted by Crippen LogP contribution is 2.29. The van der Waals surface area contributed by atoms with Gasteiger partial charge in [-0.3, -0.25) is 4.68 Å². The quantitative estimate of drug-likeness (QED) is 0.730. The Balaban J connectivity index is 1.52. The number of fused-ring (bicyclic) bond motifs is 1. The van der Waals surface area contributed by atoms with E-state index in [0.29, 0.717) is 24.5 Å². The van der Waals surface area contributed by atoms with E-state index in [4.69, 9.17) is 0 Å². The second-order valence-corrected chi connectivity index (χ2v) is 6.68. The summed E-state index contributed by atoms with van der Waals surface area (Å²) in [7, 11) is 0. The van der Waals surface area contributed by atoms with E-state index in [1.54, 1.807) is 10.9 Å². The molecule has 146 valence electrons. The van der Waals surface area contributed by atoms with Gasteiger partial charge in [-0.2, -0.15) is 18.3 Å². The van der Waals surface area contributed by atoms with Crippen molar-refractivity contribution in [3.8, 4) is 11.4 Å². The van der Waals surface area contributed by atoms with E-state index < -0.39 is 11.7 Å². The van der Waals surface area contributed by atoms with Gasteiger partial charge in [0.1, 0.15) is 17.8 Å². The molecule has 3 aromatic rings. The molecule has 0 aliphatic carbocycles. The number of nitrogens with zero attached hydrogens (tertiary/aromatic N) is 5. The van der Waals surface area contributed by atoms with Gasteiger partial charge in [0.15, 0.2) is 5.49 Å². The molecular formula is C19H19F3N6. The number of hydrogen-bond acceptors (Lipinski definition) is 4. The lowest BCUT2D eigenvalue weighted by Crippen LogP contribution is -2.36. The van der Waals surface area contributed by atoms with Crippen molar-refractivity contribution in [2.45, 2.75) is 26.1 Å². The molecule has 0 saturated heterocycles. The molecule has 0 bridgehead atoms. The Bertz CT molecular complexity index is 1080. The van der Waals surface area contributed by atoms with E-state index >= 15 is 0 Å². The van der Waals surface area contributed by atoms with Gasteiger partial charge in [0.25, 0.3) is 0 Å². The maximum Gasteiger partial charge on any atom is 0.416 e. The first kappa shape index (κ1) is 18.3. The van der Waals surface area contributed by atoms with E-state index in [1.807, 2.05) is 12.4 Å². The third-order valence-electron chi connectivity index (χ3n) is 4.47. The normalized spacial score (nSPS) is 13.8. The summed E-state index contributed by atoms with van der Waals surface area (Å²) in [6.45, 7) is 4.02. The SMILES string of the molecule is CCCN1C=c2[nH]c(-c3cnn(Cc4ccc(C(F)(F)F)cc4)c3)nc2=NC1. The van der Waals surface area contributed by atoms with Crippen molar-refractivity contribution in [1.29, 1.82) is 0 Å². The zero-order valence-electron chi connectivity index (χ0n) is 15.2. The van der Waals surface area contributed by atoms with Crippen molar-refractivity contribution in [3.63, 3.8) is 0 Å². The molecule has 28 heavy (non-hydrogen) atoms. The Morgan fingerprint density at radius 2 is 1.96 bits per heavy atom. The number of aromatic nitrogens is 4. The number of halogens is 3. The highest BCUT2D eigenvalue weighted by atomic mass is 19.4. The van der Waals surface area contributed by atoms with Crippen LogP contribution in [-0.2, 0) is 12.7 Å². The summed E-state index contributed by atoms with van der Waals surface area (Å²) in [5, 5.41) is 5.16. The van der Waals surface area contributed by atoms with Gasteiger partial charge in [-0.25, -0.2) is 9.98 Å². The van der Waals surface area contributed by atoms with Crippen LogP contribution in [0.4, 0.5) is 13.2 Å². The molecule has 1 aliphatic heterocycles. The van der Waals surface area contributed by atoms with Gasteiger partial charge in [-0.15, -0.1) is 0 Å². The largest absolute Gasteiger partial charge is 0.416 e. The first-order valence-electron chi connectivity index (χ1n) is 8.98. The summed E-state index contributed by atoms with van der Waals surface area (Å²) < 4.78 is 39.7. The summed E-state index contributed by atoms with van der Waals surface area (Å²) in [4.78, 5) is 14.4. The topological polar surface area (TPSA) is 62.1 Å². The van der Waals surface area contributed by atoms with Crippen LogP contribution in [0.15, 0.2) is 41.7 Å². The molecule has 3 heterocycles. The molecule has 0 spiro atoms. The molecule has 0 saturated carbocycles. The lowest BCUT2D eigenvalue weighted by Gasteiger charge is -2.17. The Hall–Kier alpha value is -3.10. The molecule has 0 fully saturated rings. The molecule has 0 radical (unpaired) electrons. The van der Waals surface area contributed by atoms with Gasteiger partial charge in [0.2, 0.25) is 0 Å². The minimum absolute atomic E-state index is 0.374. The number of nitrogens with one attached hydrogen (secondary N) is 1. The molecule has 0 atom stereocenters. The molecule has 1 N–H and O–H groups in total. The highest BCUT2D eigenvalue weighted by Gasteiger charge is 2.29. The van der Waals surface area contributed by atoms with E-state index in [2.05, 4.69) is 31.9 Å². The van der Waals surface area contributed by atoms with Crippen LogP contribution in [0.5, 0.6) is 0 Å². The van der Waals surface area contributed by atoms with Crippen molar-refractivity contribution in [3.05, 3.63) is 58.6 Å². The number of benzene rings is 1. The third kappa shape index (κ3) is 3.78. The molecule has 2 aromatic heterocycles. The number of aromatic amines is 1. The van der Waals surface area contributed by atoms with Crippen LogP contribution in [0.3, 0.4) is 0 Å². The second-order valence-electron chi connectivity index (χ2n) is 6.68. The van der Waals surface area contributed by atoms with Crippen LogP contribution >= 0.6 is 0 Å². The van der Waals surface area contributed by atoms with E-state index in [1.165, 1.54) is 12.1 Å². The first-order valence-corrected chi connectivity index (χ1v) is 8.98. The van der Waals surface area contributed by atoms with Crippen molar-refractivity contribution >= 4 is 6.20 Å². The van der Waals surface area contributed by atoms with Crippen molar-refractivity contribution < 1.29 is 13.2 Å². The predicted octanol–water partition coefficient (Wildman–Crippen LogP) is 2.38.